The van der Waals surface area contributed by atoms with Gasteiger partial charge >= 0.3 is 5.97 Å². The number of carbonyl (C=O) groups is 1. The highest BCUT2D eigenvalue weighted by Gasteiger charge is 2.26. The van der Waals surface area contributed by atoms with Gasteiger partial charge in [-0.3, -0.25) is 0 Å². The molecule has 0 saturated heterocycles. The molecule has 1 aromatic carbocycles. The van der Waals surface area contributed by atoms with Crippen molar-refractivity contribution in [1.82, 2.24) is 0 Å². The first kappa shape index (κ1) is 12.5. The van der Waals surface area contributed by atoms with Crippen LogP contribution >= 0.6 is 0 Å². The Morgan fingerprint density at radius 1 is 1.25 bits per heavy atom. The number of carboxylic acid groups (broad SMARTS) is 1. The van der Waals surface area contributed by atoms with Gasteiger partial charge in [-0.1, -0.05) is 6.07 Å². The smallest absolute Gasteiger partial charge is 0.335 e. The quantitative estimate of drug-likeness (QED) is 0.556. The lowest BCUT2D eigenvalue weighted by atomic mass is 9.95. The molecule has 0 aromatic heterocycles. The zero-order valence-electron chi connectivity index (χ0n) is 9.14. The van der Waals surface area contributed by atoms with Crippen LogP contribution in [0.15, 0.2) is 12.1 Å². The number of aliphatic carboxylic acids is 1. The van der Waals surface area contributed by atoms with E-state index in [1.54, 1.807) is 19.9 Å². The Balaban J connectivity index is 3.14. The van der Waals surface area contributed by atoms with Crippen molar-refractivity contribution < 1.29 is 20.1 Å². The second-order valence-electron chi connectivity index (χ2n) is 3.72. The predicted octanol–water partition coefficient (Wildman–Crippen LogP) is 0.365. The highest BCUT2D eigenvalue weighted by atomic mass is 16.4. The average molecular weight is 225 g/mol. The summed E-state index contributed by atoms with van der Waals surface area (Å²) in [7, 11) is 0. The molecule has 88 valence electrons. The summed E-state index contributed by atoms with van der Waals surface area (Å²) in [6.07, 6.45) is -3.28. The van der Waals surface area contributed by atoms with Crippen LogP contribution in [0.3, 0.4) is 0 Å². The van der Waals surface area contributed by atoms with E-state index in [2.05, 4.69) is 0 Å². The summed E-state index contributed by atoms with van der Waals surface area (Å²) in [4.78, 5) is 10.5. The molecule has 1 rings (SSSR count). The van der Waals surface area contributed by atoms with Crippen molar-refractivity contribution in [2.24, 2.45) is 0 Å². The van der Waals surface area contributed by atoms with E-state index < -0.39 is 18.2 Å². The first-order chi connectivity index (χ1) is 7.36. The summed E-state index contributed by atoms with van der Waals surface area (Å²) in [6.45, 7) is 3.49. The van der Waals surface area contributed by atoms with Crippen molar-refractivity contribution in [3.05, 3.63) is 28.8 Å². The maximum Gasteiger partial charge on any atom is 0.335 e. The molecule has 5 nitrogen and oxygen atoms in total. The number of carboxylic acids is 1. The Bertz CT molecular complexity index is 417. The molecule has 16 heavy (non-hydrogen) atoms. The monoisotopic (exact) mass is 225 g/mol. The van der Waals surface area contributed by atoms with E-state index in [9.17, 15) is 15.0 Å². The van der Waals surface area contributed by atoms with Gasteiger partial charge in [0.15, 0.2) is 6.10 Å². The van der Waals surface area contributed by atoms with Gasteiger partial charge in [-0.15, -0.1) is 0 Å². The third-order valence-electron chi connectivity index (χ3n) is 2.74. The van der Waals surface area contributed by atoms with E-state index in [4.69, 9.17) is 10.8 Å². The number of nitrogen functional groups attached to an aromatic ring is 1. The fourth-order valence-corrected chi connectivity index (χ4v) is 1.49. The zero-order chi connectivity index (χ0) is 12.5. The van der Waals surface area contributed by atoms with Gasteiger partial charge in [0.2, 0.25) is 0 Å². The summed E-state index contributed by atoms with van der Waals surface area (Å²) in [5.74, 6) is -1.46. The minimum atomic E-state index is -1.83. The van der Waals surface area contributed by atoms with Crippen molar-refractivity contribution in [2.45, 2.75) is 26.1 Å². The number of aliphatic hydroxyl groups is 2. The van der Waals surface area contributed by atoms with E-state index in [-0.39, 0.29) is 0 Å². The van der Waals surface area contributed by atoms with E-state index in [0.717, 1.165) is 5.56 Å². The first-order valence-electron chi connectivity index (χ1n) is 4.80. The van der Waals surface area contributed by atoms with Crippen LogP contribution in [-0.4, -0.2) is 27.4 Å². The molecule has 0 amide bonds. The predicted molar refractivity (Wildman–Crippen MR) is 58.9 cm³/mol. The van der Waals surface area contributed by atoms with Crippen molar-refractivity contribution in [3.8, 4) is 0 Å². The summed E-state index contributed by atoms with van der Waals surface area (Å²) in [5.41, 5.74) is 8.07. The average Bonchev–Trinajstić information content (AvgIpc) is 2.24. The molecule has 0 bridgehead atoms. The van der Waals surface area contributed by atoms with Gasteiger partial charge in [-0.05, 0) is 36.6 Å². The normalized spacial score (nSPS) is 14.5. The third kappa shape index (κ3) is 2.15. The molecule has 0 aliphatic rings. The SMILES string of the molecule is Cc1c(N)ccc(C(O)C(O)C(=O)O)c1C. The van der Waals surface area contributed by atoms with Crippen molar-refractivity contribution in [3.63, 3.8) is 0 Å². The fourth-order valence-electron chi connectivity index (χ4n) is 1.49. The Kier molecular flexibility index (Phi) is 3.51. The number of aliphatic hydroxyl groups excluding tert-OH is 2. The lowest BCUT2D eigenvalue weighted by Crippen LogP contribution is -2.28. The maximum atomic E-state index is 10.5. The number of nitrogens with two attached hydrogens (primary N) is 1. The van der Waals surface area contributed by atoms with Gasteiger partial charge in [-0.25, -0.2) is 4.79 Å². The zero-order valence-corrected chi connectivity index (χ0v) is 9.14. The second-order valence-corrected chi connectivity index (χ2v) is 3.72. The van der Waals surface area contributed by atoms with Crippen LogP contribution in [0.25, 0.3) is 0 Å². The molecule has 5 heteroatoms. The van der Waals surface area contributed by atoms with Crippen LogP contribution in [0.2, 0.25) is 0 Å². The Labute approximate surface area is 93.1 Å². The molecule has 0 aliphatic carbocycles. The largest absolute Gasteiger partial charge is 0.479 e. The Morgan fingerprint density at radius 3 is 2.31 bits per heavy atom. The van der Waals surface area contributed by atoms with E-state index in [1.165, 1.54) is 6.07 Å². The molecule has 2 unspecified atom stereocenters. The topological polar surface area (TPSA) is 104 Å². The molecule has 2 atom stereocenters. The Hall–Kier alpha value is -1.59. The molecule has 0 heterocycles. The van der Waals surface area contributed by atoms with Gasteiger partial charge in [-0.2, -0.15) is 0 Å². The molecule has 0 aliphatic heterocycles. The summed E-state index contributed by atoms with van der Waals surface area (Å²) in [6, 6.07) is 3.10. The minimum Gasteiger partial charge on any atom is -0.479 e. The van der Waals surface area contributed by atoms with E-state index >= 15 is 0 Å². The van der Waals surface area contributed by atoms with Gasteiger partial charge in [0, 0.05) is 5.69 Å². The number of rotatable bonds is 3. The lowest BCUT2D eigenvalue weighted by Gasteiger charge is -2.18. The van der Waals surface area contributed by atoms with E-state index in [0.29, 0.717) is 16.8 Å². The molecule has 5 N–H and O–H groups in total. The van der Waals surface area contributed by atoms with Gasteiger partial charge in [0.05, 0.1) is 0 Å². The van der Waals surface area contributed by atoms with Crippen LogP contribution in [0, 0.1) is 13.8 Å². The molecule has 0 fully saturated rings. The molecule has 0 radical (unpaired) electrons. The van der Waals surface area contributed by atoms with Gasteiger partial charge in [0.1, 0.15) is 6.10 Å². The second kappa shape index (κ2) is 4.51. The molecule has 0 saturated carbocycles. The van der Waals surface area contributed by atoms with Crippen LogP contribution in [0.5, 0.6) is 0 Å². The van der Waals surface area contributed by atoms with Crippen molar-refractivity contribution >= 4 is 11.7 Å². The lowest BCUT2D eigenvalue weighted by molar-refractivity contribution is -0.153. The van der Waals surface area contributed by atoms with Crippen LogP contribution in [0.4, 0.5) is 5.69 Å². The first-order valence-corrected chi connectivity index (χ1v) is 4.80. The van der Waals surface area contributed by atoms with Crippen molar-refractivity contribution in [1.29, 1.82) is 0 Å². The number of hydrogen-bond acceptors (Lipinski definition) is 4. The molecule has 1 aromatic rings. The highest BCUT2D eigenvalue weighted by molar-refractivity contribution is 5.73. The van der Waals surface area contributed by atoms with Gasteiger partial charge < -0.3 is 21.1 Å². The maximum absolute atomic E-state index is 10.5. The summed E-state index contributed by atoms with van der Waals surface area (Å²) < 4.78 is 0. The molecule has 0 spiro atoms. The summed E-state index contributed by atoms with van der Waals surface area (Å²) >= 11 is 0. The number of hydrogen-bond donors (Lipinski definition) is 4. The van der Waals surface area contributed by atoms with Crippen LogP contribution in [-0.2, 0) is 4.79 Å². The van der Waals surface area contributed by atoms with E-state index in [1.807, 2.05) is 0 Å². The molecular weight excluding hydrogens is 210 g/mol. The third-order valence-corrected chi connectivity index (χ3v) is 2.74. The van der Waals surface area contributed by atoms with Crippen molar-refractivity contribution in [2.75, 3.05) is 5.73 Å². The minimum absolute atomic E-state index is 0.376. The standard InChI is InChI=1S/C11H15NO4/c1-5-6(2)8(12)4-3-7(5)9(13)10(14)11(15)16/h3-4,9-10,13-14H,12H2,1-2H3,(H,15,16). The summed E-state index contributed by atoms with van der Waals surface area (Å²) in [5, 5.41) is 27.5. The number of benzene rings is 1. The highest BCUT2D eigenvalue weighted by Crippen LogP contribution is 2.26. The number of anilines is 1. The van der Waals surface area contributed by atoms with Gasteiger partial charge in [0.25, 0.3) is 0 Å². The molecular formula is C11H15NO4. The fraction of sp³-hybridized carbons (Fsp3) is 0.364. The van der Waals surface area contributed by atoms with Crippen LogP contribution in [0.1, 0.15) is 22.8 Å². The van der Waals surface area contributed by atoms with Crippen LogP contribution < -0.4 is 5.73 Å². The Morgan fingerprint density at radius 2 is 1.81 bits per heavy atom.